The van der Waals surface area contributed by atoms with E-state index in [0.29, 0.717) is 11.4 Å². The molecule has 5 heteroatoms. The van der Waals surface area contributed by atoms with E-state index in [-0.39, 0.29) is 17.8 Å². The van der Waals surface area contributed by atoms with Gasteiger partial charge in [0.1, 0.15) is 5.78 Å². The van der Waals surface area contributed by atoms with Gasteiger partial charge in [-0.1, -0.05) is 18.2 Å². The zero-order valence-electron chi connectivity index (χ0n) is 12.8. The lowest BCUT2D eigenvalue weighted by Gasteiger charge is -2.07. The van der Waals surface area contributed by atoms with Crippen molar-refractivity contribution in [1.29, 1.82) is 0 Å². The van der Waals surface area contributed by atoms with Crippen molar-refractivity contribution in [3.8, 4) is 5.69 Å². The monoisotopic (exact) mass is 285 g/mol. The largest absolute Gasteiger partial charge is 0.300 e. The van der Waals surface area contributed by atoms with Crippen LogP contribution < -0.4 is 5.56 Å². The van der Waals surface area contributed by atoms with E-state index in [2.05, 4.69) is 4.99 Å². The van der Waals surface area contributed by atoms with E-state index in [4.69, 9.17) is 0 Å². The summed E-state index contributed by atoms with van der Waals surface area (Å²) >= 11 is 0. The van der Waals surface area contributed by atoms with Crippen molar-refractivity contribution in [3.63, 3.8) is 0 Å². The van der Waals surface area contributed by atoms with E-state index in [1.807, 2.05) is 44.3 Å². The quantitative estimate of drug-likeness (QED) is 0.811. The third-order valence-electron chi connectivity index (χ3n) is 3.33. The first-order valence-electron chi connectivity index (χ1n) is 6.79. The van der Waals surface area contributed by atoms with Gasteiger partial charge in [-0.15, -0.1) is 0 Å². The molecule has 0 unspecified atom stereocenters. The molecule has 0 atom stereocenters. The molecule has 110 valence electrons. The summed E-state index contributed by atoms with van der Waals surface area (Å²) in [4.78, 5) is 28.1. The van der Waals surface area contributed by atoms with Gasteiger partial charge >= 0.3 is 0 Å². The van der Waals surface area contributed by atoms with Crippen LogP contribution in [0.15, 0.2) is 40.1 Å². The predicted molar refractivity (Wildman–Crippen MR) is 83.8 cm³/mol. The van der Waals surface area contributed by atoms with E-state index in [1.165, 1.54) is 6.92 Å². The highest BCUT2D eigenvalue weighted by molar-refractivity contribution is 6.00. The zero-order valence-corrected chi connectivity index (χ0v) is 12.8. The Balaban J connectivity index is 2.56. The zero-order chi connectivity index (χ0) is 15.6. The number of aromatic nitrogens is 2. The summed E-state index contributed by atoms with van der Waals surface area (Å²) in [5.41, 5.74) is 2.42. The molecule has 0 amide bonds. The van der Waals surface area contributed by atoms with Gasteiger partial charge in [0.25, 0.3) is 5.56 Å². The highest BCUT2D eigenvalue weighted by atomic mass is 16.1. The first kappa shape index (κ1) is 15.0. The summed E-state index contributed by atoms with van der Waals surface area (Å²) in [6.45, 7) is 5.12. The molecule has 0 spiro atoms. The summed E-state index contributed by atoms with van der Waals surface area (Å²) in [6, 6.07) is 9.41. The van der Waals surface area contributed by atoms with E-state index in [9.17, 15) is 9.59 Å². The van der Waals surface area contributed by atoms with Gasteiger partial charge in [-0.25, -0.2) is 9.67 Å². The van der Waals surface area contributed by atoms with Crippen molar-refractivity contribution in [1.82, 2.24) is 9.36 Å². The van der Waals surface area contributed by atoms with Gasteiger partial charge in [0.05, 0.1) is 11.4 Å². The number of carbonyl (C=O) groups excluding carboxylic acids is 1. The Morgan fingerprint density at radius 3 is 2.38 bits per heavy atom. The summed E-state index contributed by atoms with van der Waals surface area (Å²) in [7, 11) is 1.82. The number of nitrogens with zero attached hydrogens (tertiary/aromatic N) is 3. The summed E-state index contributed by atoms with van der Waals surface area (Å²) in [5, 5.41) is 0. The van der Waals surface area contributed by atoms with Gasteiger partial charge in [0.15, 0.2) is 5.69 Å². The van der Waals surface area contributed by atoms with Crippen LogP contribution in [0.1, 0.15) is 26.0 Å². The summed E-state index contributed by atoms with van der Waals surface area (Å²) in [6.07, 6.45) is 0.263. The van der Waals surface area contributed by atoms with Crippen molar-refractivity contribution < 1.29 is 4.79 Å². The Labute approximate surface area is 123 Å². The molecule has 0 aliphatic heterocycles. The topological polar surface area (TPSA) is 56.4 Å². The van der Waals surface area contributed by atoms with Crippen LogP contribution in [-0.2, 0) is 11.8 Å². The average molecular weight is 285 g/mol. The van der Waals surface area contributed by atoms with Crippen LogP contribution in [0, 0.1) is 6.92 Å². The molecule has 0 N–H and O–H groups in total. The molecule has 0 aliphatic rings. The minimum absolute atomic E-state index is 0.0354. The number of carbonyl (C=O) groups is 1. The Kier molecular flexibility index (Phi) is 4.21. The van der Waals surface area contributed by atoms with Crippen LogP contribution in [-0.4, -0.2) is 20.9 Å². The standard InChI is InChI=1S/C16H19N3O2/c1-11(10-12(2)20)17-15-13(3)18(4)19(16(15)21)14-8-6-5-7-9-14/h5-9H,10H2,1-4H3. The maximum absolute atomic E-state index is 12.6. The molecule has 0 saturated heterocycles. The normalized spacial score (nSPS) is 11.7. The molecule has 0 aliphatic carbocycles. The predicted octanol–water partition coefficient (Wildman–Crippen LogP) is 2.56. The van der Waals surface area contributed by atoms with Crippen molar-refractivity contribution >= 4 is 17.2 Å². The molecule has 0 bridgehead atoms. The van der Waals surface area contributed by atoms with Crippen molar-refractivity contribution in [2.24, 2.45) is 12.0 Å². The first-order chi connectivity index (χ1) is 9.91. The Morgan fingerprint density at radius 2 is 1.81 bits per heavy atom. The van der Waals surface area contributed by atoms with E-state index >= 15 is 0 Å². The average Bonchev–Trinajstić information content (AvgIpc) is 2.63. The second-order valence-electron chi connectivity index (χ2n) is 5.14. The molecule has 0 radical (unpaired) electrons. The third kappa shape index (κ3) is 3.02. The molecule has 1 heterocycles. The number of hydrogen-bond donors (Lipinski definition) is 0. The number of Topliss-reactive ketones (excluding diaryl/α,β-unsaturated/α-hetero) is 1. The smallest absolute Gasteiger partial charge is 0.297 e. The van der Waals surface area contributed by atoms with Crippen molar-refractivity contribution in [3.05, 3.63) is 46.4 Å². The van der Waals surface area contributed by atoms with Crippen LogP contribution in [0.25, 0.3) is 5.69 Å². The first-order valence-corrected chi connectivity index (χ1v) is 6.79. The molecule has 21 heavy (non-hydrogen) atoms. The number of ketones is 1. The molecule has 2 rings (SSSR count). The molecular formula is C16H19N3O2. The molecule has 1 aromatic heterocycles. The fourth-order valence-electron chi connectivity index (χ4n) is 2.27. The lowest BCUT2D eigenvalue weighted by Crippen LogP contribution is -2.19. The van der Waals surface area contributed by atoms with Gasteiger partial charge in [-0.05, 0) is 32.9 Å². The molecular weight excluding hydrogens is 266 g/mol. The molecule has 5 nitrogen and oxygen atoms in total. The maximum atomic E-state index is 12.6. The Bertz CT molecular complexity index is 752. The number of rotatable bonds is 4. The fourth-order valence-corrected chi connectivity index (χ4v) is 2.27. The summed E-state index contributed by atoms with van der Waals surface area (Å²) in [5.74, 6) is 0.0354. The Morgan fingerprint density at radius 1 is 1.19 bits per heavy atom. The third-order valence-corrected chi connectivity index (χ3v) is 3.33. The number of aliphatic imine (C=N–C) groups is 1. The van der Waals surface area contributed by atoms with Crippen LogP contribution >= 0.6 is 0 Å². The summed E-state index contributed by atoms with van der Waals surface area (Å²) < 4.78 is 3.35. The van der Waals surface area contributed by atoms with E-state index in [0.717, 1.165) is 11.4 Å². The molecule has 2 aromatic rings. The lowest BCUT2D eigenvalue weighted by molar-refractivity contribution is -0.115. The van der Waals surface area contributed by atoms with Gasteiger partial charge in [0, 0.05) is 19.2 Å². The maximum Gasteiger partial charge on any atom is 0.297 e. The number of benzene rings is 1. The van der Waals surface area contributed by atoms with Crippen molar-refractivity contribution in [2.75, 3.05) is 0 Å². The van der Waals surface area contributed by atoms with Gasteiger partial charge < -0.3 is 0 Å². The highest BCUT2D eigenvalue weighted by Gasteiger charge is 2.15. The lowest BCUT2D eigenvalue weighted by atomic mass is 10.2. The molecule has 0 fully saturated rings. The SMILES string of the molecule is CC(=O)CC(C)=Nc1c(C)n(C)n(-c2ccccc2)c1=O. The van der Waals surface area contributed by atoms with Crippen LogP contribution in [0.3, 0.4) is 0 Å². The van der Waals surface area contributed by atoms with Gasteiger partial charge in [0.2, 0.25) is 0 Å². The molecule has 1 aromatic carbocycles. The second kappa shape index (κ2) is 5.91. The van der Waals surface area contributed by atoms with Crippen LogP contribution in [0.2, 0.25) is 0 Å². The molecule has 0 saturated carbocycles. The number of para-hydroxylation sites is 1. The van der Waals surface area contributed by atoms with Crippen LogP contribution in [0.5, 0.6) is 0 Å². The van der Waals surface area contributed by atoms with Gasteiger partial charge in [-0.3, -0.25) is 14.3 Å². The van der Waals surface area contributed by atoms with Gasteiger partial charge in [-0.2, -0.15) is 0 Å². The van der Waals surface area contributed by atoms with Crippen molar-refractivity contribution in [2.45, 2.75) is 27.2 Å². The Hall–Kier alpha value is -2.43. The van der Waals surface area contributed by atoms with E-state index < -0.39 is 0 Å². The number of hydrogen-bond acceptors (Lipinski definition) is 3. The second-order valence-corrected chi connectivity index (χ2v) is 5.14. The fraction of sp³-hybridized carbons (Fsp3) is 0.312. The highest BCUT2D eigenvalue weighted by Crippen LogP contribution is 2.17. The van der Waals surface area contributed by atoms with E-state index in [1.54, 1.807) is 16.3 Å². The van der Waals surface area contributed by atoms with Crippen LogP contribution in [0.4, 0.5) is 5.69 Å². The minimum Gasteiger partial charge on any atom is -0.300 e. The minimum atomic E-state index is -0.177.